The standard InChI is InChI=1S/C20H27F2N5S/c1-3-23-20(24-10-5-8-18-25-14(2)13-28-18)26-15-9-11-27(12-15)19-16(21)6-4-7-17(19)22/h4,6-7,13,15H,3,5,8-12H2,1-2H3,(H2,23,24,26). The zero-order chi connectivity index (χ0) is 19.9. The van der Waals surface area contributed by atoms with Gasteiger partial charge in [0.15, 0.2) is 5.96 Å². The molecule has 1 aliphatic heterocycles. The van der Waals surface area contributed by atoms with Crippen molar-refractivity contribution in [3.8, 4) is 0 Å². The van der Waals surface area contributed by atoms with Crippen LogP contribution in [0, 0.1) is 18.6 Å². The largest absolute Gasteiger partial charge is 0.365 e. The highest BCUT2D eigenvalue weighted by atomic mass is 32.1. The Kier molecular flexibility index (Phi) is 7.19. The van der Waals surface area contributed by atoms with Crippen LogP contribution < -0.4 is 15.5 Å². The molecule has 2 N–H and O–H groups in total. The van der Waals surface area contributed by atoms with Gasteiger partial charge in [0.05, 0.1) is 5.01 Å². The molecule has 0 spiro atoms. The van der Waals surface area contributed by atoms with Gasteiger partial charge in [0.25, 0.3) is 0 Å². The molecule has 1 fully saturated rings. The van der Waals surface area contributed by atoms with Crippen molar-refractivity contribution >= 4 is 23.0 Å². The van der Waals surface area contributed by atoms with E-state index in [1.807, 2.05) is 13.8 Å². The molecule has 2 heterocycles. The highest BCUT2D eigenvalue weighted by Crippen LogP contribution is 2.26. The molecule has 3 rings (SSSR count). The van der Waals surface area contributed by atoms with Gasteiger partial charge in [0, 0.05) is 49.7 Å². The molecular weight excluding hydrogens is 380 g/mol. The van der Waals surface area contributed by atoms with Crippen molar-refractivity contribution in [2.75, 3.05) is 31.1 Å². The predicted octanol–water partition coefficient (Wildman–Crippen LogP) is 3.50. The molecule has 1 saturated heterocycles. The van der Waals surface area contributed by atoms with Gasteiger partial charge in [0.1, 0.15) is 17.3 Å². The summed E-state index contributed by atoms with van der Waals surface area (Å²) in [6, 6.07) is 4.09. The predicted molar refractivity (Wildman–Crippen MR) is 111 cm³/mol. The van der Waals surface area contributed by atoms with Gasteiger partial charge < -0.3 is 15.5 Å². The Hall–Kier alpha value is -2.22. The number of hydrogen-bond acceptors (Lipinski definition) is 4. The SMILES string of the molecule is CCNC(=NCCCc1nc(C)cs1)NC1CCN(c2c(F)cccc2F)C1. The Morgan fingerprint density at radius 3 is 2.82 bits per heavy atom. The van der Waals surface area contributed by atoms with Crippen LogP contribution >= 0.6 is 11.3 Å². The first-order chi connectivity index (χ1) is 13.6. The van der Waals surface area contributed by atoms with E-state index < -0.39 is 11.6 Å². The molecule has 0 radical (unpaired) electrons. The first-order valence-electron chi connectivity index (χ1n) is 9.71. The number of guanidine groups is 1. The summed E-state index contributed by atoms with van der Waals surface area (Å²) < 4.78 is 28.0. The molecule has 1 unspecified atom stereocenters. The van der Waals surface area contributed by atoms with Gasteiger partial charge >= 0.3 is 0 Å². The molecular formula is C20H27F2N5S. The summed E-state index contributed by atoms with van der Waals surface area (Å²) in [4.78, 5) is 10.9. The van der Waals surface area contributed by atoms with Crippen molar-refractivity contribution in [3.63, 3.8) is 0 Å². The Labute approximate surface area is 168 Å². The highest BCUT2D eigenvalue weighted by molar-refractivity contribution is 7.09. The maximum atomic E-state index is 14.0. The van der Waals surface area contributed by atoms with E-state index in [4.69, 9.17) is 0 Å². The molecule has 8 heteroatoms. The smallest absolute Gasteiger partial charge is 0.191 e. The molecule has 1 atom stereocenters. The lowest BCUT2D eigenvalue weighted by Crippen LogP contribution is -2.44. The number of para-hydroxylation sites is 1. The number of rotatable bonds is 7. The molecule has 0 amide bonds. The van der Waals surface area contributed by atoms with E-state index >= 15 is 0 Å². The van der Waals surface area contributed by atoms with Crippen molar-refractivity contribution in [1.82, 2.24) is 15.6 Å². The van der Waals surface area contributed by atoms with E-state index in [9.17, 15) is 8.78 Å². The van der Waals surface area contributed by atoms with Crippen LogP contribution in [0.5, 0.6) is 0 Å². The molecule has 0 saturated carbocycles. The van der Waals surface area contributed by atoms with Gasteiger partial charge in [-0.1, -0.05) is 6.07 Å². The number of nitrogens with zero attached hydrogens (tertiary/aromatic N) is 3. The van der Waals surface area contributed by atoms with E-state index in [-0.39, 0.29) is 11.7 Å². The van der Waals surface area contributed by atoms with E-state index in [2.05, 4.69) is 26.0 Å². The Balaban J connectivity index is 1.52. The van der Waals surface area contributed by atoms with Gasteiger partial charge in [-0.3, -0.25) is 4.99 Å². The van der Waals surface area contributed by atoms with Crippen molar-refractivity contribution < 1.29 is 8.78 Å². The second-order valence-electron chi connectivity index (χ2n) is 6.89. The topological polar surface area (TPSA) is 52.6 Å². The average molecular weight is 408 g/mol. The van der Waals surface area contributed by atoms with Crippen LogP contribution in [0.1, 0.15) is 30.5 Å². The van der Waals surface area contributed by atoms with E-state index in [0.29, 0.717) is 19.6 Å². The van der Waals surface area contributed by atoms with Crippen LogP contribution in [0.25, 0.3) is 0 Å². The molecule has 0 bridgehead atoms. The van der Waals surface area contributed by atoms with Crippen LogP contribution in [-0.2, 0) is 6.42 Å². The number of hydrogen-bond donors (Lipinski definition) is 2. The summed E-state index contributed by atoms with van der Waals surface area (Å²) in [5.41, 5.74) is 1.13. The number of aryl methyl sites for hydroxylation is 2. The van der Waals surface area contributed by atoms with Crippen molar-refractivity contribution in [3.05, 3.63) is 45.9 Å². The number of aliphatic imine (C=N–C) groups is 1. The summed E-state index contributed by atoms with van der Waals surface area (Å²) in [5.74, 6) is -0.282. The summed E-state index contributed by atoms with van der Waals surface area (Å²) in [7, 11) is 0. The third-order valence-corrected chi connectivity index (χ3v) is 5.64. The Morgan fingerprint density at radius 2 is 2.14 bits per heavy atom. The van der Waals surface area contributed by atoms with E-state index in [1.165, 1.54) is 18.2 Å². The molecule has 0 aliphatic carbocycles. The number of anilines is 1. The van der Waals surface area contributed by atoms with Gasteiger partial charge in [0.2, 0.25) is 0 Å². The van der Waals surface area contributed by atoms with Crippen LogP contribution in [0.15, 0.2) is 28.6 Å². The number of aromatic nitrogens is 1. The lowest BCUT2D eigenvalue weighted by molar-refractivity contribution is 0.576. The third kappa shape index (κ3) is 5.41. The highest BCUT2D eigenvalue weighted by Gasteiger charge is 2.27. The van der Waals surface area contributed by atoms with Gasteiger partial charge in [-0.2, -0.15) is 0 Å². The fourth-order valence-corrected chi connectivity index (χ4v) is 4.14. The number of thiazole rings is 1. The van der Waals surface area contributed by atoms with E-state index in [0.717, 1.165) is 42.5 Å². The lowest BCUT2D eigenvalue weighted by Gasteiger charge is -2.21. The third-order valence-electron chi connectivity index (χ3n) is 4.61. The molecule has 28 heavy (non-hydrogen) atoms. The molecule has 5 nitrogen and oxygen atoms in total. The fraction of sp³-hybridized carbons (Fsp3) is 0.500. The Bertz CT molecular complexity index is 787. The zero-order valence-electron chi connectivity index (χ0n) is 16.3. The molecule has 2 aromatic rings. The molecule has 152 valence electrons. The maximum absolute atomic E-state index is 14.0. The molecule has 1 aromatic heterocycles. The summed E-state index contributed by atoms with van der Waals surface area (Å²) in [6.45, 7) is 6.63. The van der Waals surface area contributed by atoms with Crippen LogP contribution in [-0.4, -0.2) is 43.2 Å². The minimum atomic E-state index is -0.515. The summed E-state index contributed by atoms with van der Waals surface area (Å²) >= 11 is 1.69. The lowest BCUT2D eigenvalue weighted by atomic mass is 10.2. The zero-order valence-corrected chi connectivity index (χ0v) is 17.2. The van der Waals surface area contributed by atoms with Gasteiger partial charge in [-0.15, -0.1) is 11.3 Å². The number of benzene rings is 1. The van der Waals surface area contributed by atoms with Crippen LogP contribution in [0.4, 0.5) is 14.5 Å². The summed E-state index contributed by atoms with van der Waals surface area (Å²) in [5, 5.41) is 9.85. The van der Waals surface area contributed by atoms with Gasteiger partial charge in [-0.25, -0.2) is 13.8 Å². The van der Waals surface area contributed by atoms with Crippen molar-refractivity contribution in [2.45, 2.75) is 39.2 Å². The van der Waals surface area contributed by atoms with Crippen LogP contribution in [0.2, 0.25) is 0 Å². The number of halogens is 2. The number of nitrogens with one attached hydrogen (secondary N) is 2. The molecule has 1 aliphatic rings. The van der Waals surface area contributed by atoms with Crippen LogP contribution in [0.3, 0.4) is 0 Å². The Morgan fingerprint density at radius 1 is 1.36 bits per heavy atom. The minimum absolute atomic E-state index is 0.0625. The van der Waals surface area contributed by atoms with E-state index in [1.54, 1.807) is 16.2 Å². The average Bonchev–Trinajstić information content (AvgIpc) is 3.28. The first kappa shape index (κ1) is 20.5. The van der Waals surface area contributed by atoms with Crippen molar-refractivity contribution in [1.29, 1.82) is 0 Å². The second-order valence-corrected chi connectivity index (χ2v) is 7.84. The summed E-state index contributed by atoms with van der Waals surface area (Å²) in [6.07, 6.45) is 2.66. The van der Waals surface area contributed by atoms with Gasteiger partial charge in [-0.05, 0) is 38.8 Å². The second kappa shape index (κ2) is 9.82. The van der Waals surface area contributed by atoms with Crippen molar-refractivity contribution in [2.24, 2.45) is 4.99 Å². The first-order valence-corrected chi connectivity index (χ1v) is 10.6. The normalized spacial score (nSPS) is 17.2. The monoisotopic (exact) mass is 407 g/mol. The maximum Gasteiger partial charge on any atom is 0.191 e. The molecule has 1 aromatic carbocycles. The fourth-order valence-electron chi connectivity index (χ4n) is 3.32. The quantitative estimate of drug-likeness (QED) is 0.419. The minimum Gasteiger partial charge on any atom is -0.365 e.